The number of fused-ring (bicyclic) bond motifs is 1. The molecule has 1 aromatic rings. The third-order valence-electron chi connectivity index (χ3n) is 3.97. The van der Waals surface area contributed by atoms with Gasteiger partial charge in [0.2, 0.25) is 0 Å². The molecule has 0 spiro atoms. The fourth-order valence-corrected chi connectivity index (χ4v) is 3.37. The van der Waals surface area contributed by atoms with Gasteiger partial charge >= 0.3 is 0 Å². The summed E-state index contributed by atoms with van der Waals surface area (Å²) in [4.78, 5) is 16.1. The number of carbonyl (C=O) groups excluding carboxylic acids is 1. The molecule has 0 saturated carbocycles. The normalized spacial score (nSPS) is 22.2. The molecule has 100 valence electrons. The SMILES string of the molecule is O=C1C2CCCN2C(=S)N1CCCc1ccccc1. The van der Waals surface area contributed by atoms with Crippen molar-refractivity contribution in [2.45, 2.75) is 31.7 Å². The van der Waals surface area contributed by atoms with Crippen molar-refractivity contribution in [1.82, 2.24) is 9.80 Å². The van der Waals surface area contributed by atoms with E-state index in [1.54, 1.807) is 0 Å². The summed E-state index contributed by atoms with van der Waals surface area (Å²) in [5.41, 5.74) is 1.32. The van der Waals surface area contributed by atoms with E-state index in [0.717, 1.165) is 43.9 Å². The van der Waals surface area contributed by atoms with Gasteiger partial charge in [-0.25, -0.2) is 0 Å². The Hall–Kier alpha value is -1.42. The second-order valence-electron chi connectivity index (χ2n) is 5.21. The Kier molecular flexibility index (Phi) is 3.51. The van der Waals surface area contributed by atoms with Gasteiger partial charge < -0.3 is 4.90 Å². The Bertz CT molecular complexity index is 466. The Balaban J connectivity index is 1.56. The maximum atomic E-state index is 12.2. The van der Waals surface area contributed by atoms with Gasteiger partial charge in [0, 0.05) is 13.1 Å². The van der Waals surface area contributed by atoms with Crippen LogP contribution in [0, 0.1) is 0 Å². The molecule has 0 radical (unpaired) electrons. The van der Waals surface area contributed by atoms with Crippen LogP contribution in [0.3, 0.4) is 0 Å². The van der Waals surface area contributed by atoms with E-state index in [1.165, 1.54) is 5.56 Å². The quantitative estimate of drug-likeness (QED) is 0.787. The van der Waals surface area contributed by atoms with Crippen molar-refractivity contribution in [3.63, 3.8) is 0 Å². The summed E-state index contributed by atoms with van der Waals surface area (Å²) in [6, 6.07) is 10.4. The molecule has 3 nitrogen and oxygen atoms in total. The van der Waals surface area contributed by atoms with E-state index in [2.05, 4.69) is 29.2 Å². The number of benzene rings is 1. The molecule has 2 aliphatic rings. The summed E-state index contributed by atoms with van der Waals surface area (Å²) in [6.45, 7) is 1.70. The molecular formula is C15H18N2OS. The second-order valence-corrected chi connectivity index (χ2v) is 5.58. The van der Waals surface area contributed by atoms with E-state index in [9.17, 15) is 4.79 Å². The Morgan fingerprint density at radius 2 is 2.05 bits per heavy atom. The first-order valence-corrected chi connectivity index (χ1v) is 7.34. The van der Waals surface area contributed by atoms with Crippen molar-refractivity contribution in [2.75, 3.05) is 13.1 Å². The predicted octanol–water partition coefficient (Wildman–Crippen LogP) is 2.21. The number of amides is 1. The van der Waals surface area contributed by atoms with E-state index in [0.29, 0.717) is 0 Å². The average Bonchev–Trinajstić information content (AvgIpc) is 2.99. The van der Waals surface area contributed by atoms with Crippen LogP contribution in [0.15, 0.2) is 30.3 Å². The van der Waals surface area contributed by atoms with E-state index in [4.69, 9.17) is 12.2 Å². The first-order chi connectivity index (χ1) is 9.27. The van der Waals surface area contributed by atoms with Gasteiger partial charge in [0.1, 0.15) is 6.04 Å². The van der Waals surface area contributed by atoms with Crippen LogP contribution in [-0.4, -0.2) is 40.0 Å². The first kappa shape index (κ1) is 12.6. The van der Waals surface area contributed by atoms with Crippen molar-refractivity contribution >= 4 is 23.2 Å². The highest BCUT2D eigenvalue weighted by molar-refractivity contribution is 7.80. The number of carbonyl (C=O) groups is 1. The first-order valence-electron chi connectivity index (χ1n) is 6.93. The molecule has 1 unspecified atom stereocenters. The molecule has 2 aliphatic heterocycles. The third kappa shape index (κ3) is 2.37. The van der Waals surface area contributed by atoms with Crippen LogP contribution in [0.2, 0.25) is 0 Å². The fourth-order valence-electron chi connectivity index (χ4n) is 2.97. The average molecular weight is 274 g/mol. The van der Waals surface area contributed by atoms with Crippen LogP contribution < -0.4 is 0 Å². The molecule has 0 aliphatic carbocycles. The molecule has 0 bridgehead atoms. The van der Waals surface area contributed by atoms with Crippen LogP contribution >= 0.6 is 12.2 Å². The summed E-state index contributed by atoms with van der Waals surface area (Å²) in [5, 5.41) is 0.751. The topological polar surface area (TPSA) is 23.6 Å². The van der Waals surface area contributed by atoms with E-state index in [1.807, 2.05) is 11.0 Å². The summed E-state index contributed by atoms with van der Waals surface area (Å²) < 4.78 is 0. The molecule has 19 heavy (non-hydrogen) atoms. The summed E-state index contributed by atoms with van der Waals surface area (Å²) in [7, 11) is 0. The number of thiocarbonyl (C=S) groups is 1. The van der Waals surface area contributed by atoms with Gasteiger partial charge in [-0.05, 0) is 43.5 Å². The van der Waals surface area contributed by atoms with Crippen LogP contribution in [0.4, 0.5) is 0 Å². The maximum absolute atomic E-state index is 12.2. The van der Waals surface area contributed by atoms with Crippen molar-refractivity contribution in [2.24, 2.45) is 0 Å². The molecule has 3 rings (SSSR count). The molecule has 1 amide bonds. The lowest BCUT2D eigenvalue weighted by Gasteiger charge is -2.18. The number of hydrogen-bond donors (Lipinski definition) is 0. The lowest BCUT2D eigenvalue weighted by atomic mass is 10.1. The van der Waals surface area contributed by atoms with Gasteiger partial charge in [-0.1, -0.05) is 30.3 Å². The van der Waals surface area contributed by atoms with E-state index >= 15 is 0 Å². The number of rotatable bonds is 4. The molecular weight excluding hydrogens is 256 g/mol. The zero-order valence-corrected chi connectivity index (χ0v) is 11.7. The molecule has 1 aromatic carbocycles. The smallest absolute Gasteiger partial charge is 0.251 e. The van der Waals surface area contributed by atoms with Gasteiger partial charge in [0.05, 0.1) is 0 Å². The molecule has 0 N–H and O–H groups in total. The minimum Gasteiger partial charge on any atom is -0.337 e. The highest BCUT2D eigenvalue weighted by Crippen LogP contribution is 2.27. The maximum Gasteiger partial charge on any atom is 0.251 e. The van der Waals surface area contributed by atoms with Crippen LogP contribution in [-0.2, 0) is 11.2 Å². The van der Waals surface area contributed by atoms with Crippen LogP contribution in [0.5, 0.6) is 0 Å². The zero-order chi connectivity index (χ0) is 13.2. The molecule has 4 heteroatoms. The lowest BCUT2D eigenvalue weighted by Crippen LogP contribution is -2.33. The highest BCUT2D eigenvalue weighted by atomic mass is 32.1. The van der Waals surface area contributed by atoms with Gasteiger partial charge in [-0.2, -0.15) is 0 Å². The summed E-state index contributed by atoms with van der Waals surface area (Å²) in [6.07, 6.45) is 4.02. The molecule has 2 heterocycles. The van der Waals surface area contributed by atoms with Crippen molar-refractivity contribution in [3.8, 4) is 0 Å². The van der Waals surface area contributed by atoms with Crippen LogP contribution in [0.1, 0.15) is 24.8 Å². The minimum atomic E-state index is 0.0456. The molecule has 2 saturated heterocycles. The molecule has 0 aromatic heterocycles. The van der Waals surface area contributed by atoms with E-state index in [-0.39, 0.29) is 11.9 Å². The number of hydrogen-bond acceptors (Lipinski definition) is 2. The number of nitrogens with zero attached hydrogens (tertiary/aromatic N) is 2. The largest absolute Gasteiger partial charge is 0.337 e. The van der Waals surface area contributed by atoms with Gasteiger partial charge in [0.15, 0.2) is 5.11 Å². The Morgan fingerprint density at radius 1 is 1.26 bits per heavy atom. The fraction of sp³-hybridized carbons (Fsp3) is 0.467. The van der Waals surface area contributed by atoms with Gasteiger partial charge in [0.25, 0.3) is 5.91 Å². The summed E-state index contributed by atoms with van der Waals surface area (Å²) in [5.74, 6) is 0.218. The van der Waals surface area contributed by atoms with Crippen molar-refractivity contribution in [1.29, 1.82) is 0 Å². The molecule has 1 atom stereocenters. The van der Waals surface area contributed by atoms with Gasteiger partial charge in [-0.15, -0.1) is 0 Å². The van der Waals surface area contributed by atoms with Crippen molar-refractivity contribution in [3.05, 3.63) is 35.9 Å². The number of aryl methyl sites for hydroxylation is 1. The minimum absolute atomic E-state index is 0.0456. The standard InChI is InChI=1S/C15H18N2OS/c18-14-13-9-5-10-16(13)15(19)17(14)11-4-8-12-6-2-1-3-7-12/h1-3,6-7,13H,4-5,8-11H2. The monoisotopic (exact) mass is 274 g/mol. The molecule has 2 fully saturated rings. The third-order valence-corrected chi connectivity index (χ3v) is 4.43. The predicted molar refractivity (Wildman–Crippen MR) is 78.8 cm³/mol. The van der Waals surface area contributed by atoms with Gasteiger partial charge in [-0.3, -0.25) is 9.69 Å². The second kappa shape index (κ2) is 5.29. The summed E-state index contributed by atoms with van der Waals surface area (Å²) >= 11 is 5.42. The Morgan fingerprint density at radius 3 is 2.79 bits per heavy atom. The Labute approximate surface area is 119 Å². The van der Waals surface area contributed by atoms with E-state index < -0.39 is 0 Å². The zero-order valence-electron chi connectivity index (χ0n) is 10.9. The highest BCUT2D eigenvalue weighted by Gasteiger charge is 2.44. The van der Waals surface area contributed by atoms with Crippen molar-refractivity contribution < 1.29 is 4.79 Å². The lowest BCUT2D eigenvalue weighted by molar-refractivity contribution is -0.127. The van der Waals surface area contributed by atoms with Crippen LogP contribution in [0.25, 0.3) is 0 Å².